The highest BCUT2D eigenvalue weighted by molar-refractivity contribution is 6.36. The molecule has 0 radical (unpaired) electrons. The summed E-state index contributed by atoms with van der Waals surface area (Å²) in [4.78, 5) is 2.55. The zero-order valence-corrected chi connectivity index (χ0v) is 9.89. The van der Waals surface area contributed by atoms with Gasteiger partial charge in [-0.3, -0.25) is 0 Å². The van der Waals surface area contributed by atoms with Crippen LogP contribution in [0.4, 0.5) is 0 Å². The van der Waals surface area contributed by atoms with Gasteiger partial charge in [-0.2, -0.15) is 0 Å². The van der Waals surface area contributed by atoms with Crippen molar-refractivity contribution < 1.29 is 0 Å². The summed E-state index contributed by atoms with van der Waals surface area (Å²) in [6.07, 6.45) is 6.47. The molecule has 0 unspecified atom stereocenters. The zero-order chi connectivity index (χ0) is 8.81. The van der Waals surface area contributed by atoms with Crippen molar-refractivity contribution in [3.63, 3.8) is 0 Å². The largest absolute Gasteiger partial charge is 0.304 e. The van der Waals surface area contributed by atoms with E-state index in [0.717, 1.165) is 0 Å². The van der Waals surface area contributed by atoms with Gasteiger partial charge >= 0.3 is 0 Å². The van der Waals surface area contributed by atoms with Crippen LogP contribution in [0.1, 0.15) is 26.7 Å². The van der Waals surface area contributed by atoms with Gasteiger partial charge in [0.25, 0.3) is 0 Å². The molecule has 0 bridgehead atoms. The maximum atomic E-state index is 2.55. The van der Waals surface area contributed by atoms with E-state index in [9.17, 15) is 0 Å². The normalized spacial score (nSPS) is 17.2. The van der Waals surface area contributed by atoms with Gasteiger partial charge in [-0.25, -0.2) is 0 Å². The van der Waals surface area contributed by atoms with Gasteiger partial charge in [0, 0.05) is 22.6 Å². The van der Waals surface area contributed by atoms with Crippen molar-refractivity contribution in [2.75, 3.05) is 19.3 Å². The van der Waals surface area contributed by atoms with Crippen molar-refractivity contribution in [1.82, 2.24) is 4.90 Å². The molecule has 0 N–H and O–H groups in total. The Morgan fingerprint density at radius 3 is 2.50 bits per heavy atom. The highest BCUT2D eigenvalue weighted by Crippen LogP contribution is 2.07. The number of rotatable bonds is 6. The second kappa shape index (κ2) is 5.54. The van der Waals surface area contributed by atoms with Crippen molar-refractivity contribution in [3.05, 3.63) is 11.6 Å². The van der Waals surface area contributed by atoms with Gasteiger partial charge in [0.2, 0.25) is 0 Å². The van der Waals surface area contributed by atoms with Gasteiger partial charge in [-0.15, -0.1) is 0 Å². The first kappa shape index (κ1) is 10.0. The van der Waals surface area contributed by atoms with Crippen LogP contribution >= 0.6 is 0 Å². The molecule has 1 aliphatic rings. The zero-order valence-electron chi connectivity index (χ0n) is 8.47. The summed E-state index contributed by atoms with van der Waals surface area (Å²) in [6.45, 7) is 7.29. The molecule has 0 amide bonds. The lowest BCUT2D eigenvalue weighted by Crippen LogP contribution is -2.06. The number of allylic oxidation sites excluding steroid dienone is 2. The third-order valence-electron chi connectivity index (χ3n) is 2.56. The molecule has 2 heteroatoms. The molecule has 0 aromatic rings. The Morgan fingerprint density at radius 1 is 1.33 bits per heavy atom. The van der Waals surface area contributed by atoms with Gasteiger partial charge in [-0.1, -0.05) is 25.5 Å². The Morgan fingerprint density at radius 2 is 2.00 bits per heavy atom. The summed E-state index contributed by atoms with van der Waals surface area (Å²) in [5.74, 6) is 0. The first-order chi connectivity index (χ1) is 5.86. The van der Waals surface area contributed by atoms with Crippen molar-refractivity contribution >= 4 is 9.52 Å². The van der Waals surface area contributed by atoms with Gasteiger partial charge < -0.3 is 4.90 Å². The van der Waals surface area contributed by atoms with E-state index in [0.29, 0.717) is 0 Å². The predicted molar refractivity (Wildman–Crippen MR) is 58.5 cm³/mol. The molecular weight excluding hydrogens is 162 g/mol. The Bertz CT molecular complexity index is 144. The Balaban J connectivity index is 2.00. The Kier molecular flexibility index (Phi) is 4.62. The van der Waals surface area contributed by atoms with Crippen LogP contribution in [0.25, 0.3) is 0 Å². The summed E-state index contributed by atoms with van der Waals surface area (Å²) in [7, 11) is 0.214. The molecule has 0 aliphatic carbocycles. The van der Waals surface area contributed by atoms with E-state index < -0.39 is 0 Å². The Labute approximate surface area is 78.7 Å². The third kappa shape index (κ3) is 4.07. The summed E-state index contributed by atoms with van der Waals surface area (Å²) in [5, 5.41) is 0. The molecule has 1 saturated heterocycles. The second-order valence-corrected chi connectivity index (χ2v) is 5.29. The maximum absolute atomic E-state index is 2.55. The van der Waals surface area contributed by atoms with Gasteiger partial charge in [0.1, 0.15) is 0 Å². The van der Waals surface area contributed by atoms with Crippen molar-refractivity contribution in [3.8, 4) is 0 Å². The second-order valence-electron chi connectivity index (χ2n) is 3.55. The molecule has 1 aliphatic heterocycles. The van der Waals surface area contributed by atoms with Crippen molar-refractivity contribution in [1.29, 1.82) is 0 Å². The fourth-order valence-electron chi connectivity index (χ4n) is 1.45. The van der Waals surface area contributed by atoms with E-state index in [-0.39, 0.29) is 9.52 Å². The molecule has 1 fully saturated rings. The molecule has 0 spiro atoms. The van der Waals surface area contributed by atoms with Crippen LogP contribution in [0.2, 0.25) is 6.04 Å². The van der Waals surface area contributed by atoms with Crippen LogP contribution in [0.3, 0.4) is 0 Å². The fraction of sp³-hybridized carbons (Fsp3) is 0.800. The molecule has 12 heavy (non-hydrogen) atoms. The summed E-state index contributed by atoms with van der Waals surface area (Å²) < 4.78 is 0. The molecule has 0 atom stereocenters. The minimum Gasteiger partial charge on any atom is -0.304 e. The minimum absolute atomic E-state index is 0.214. The van der Waals surface area contributed by atoms with Crippen molar-refractivity contribution in [2.24, 2.45) is 0 Å². The van der Waals surface area contributed by atoms with Crippen LogP contribution < -0.4 is 0 Å². The lowest BCUT2D eigenvalue weighted by Gasteiger charge is -2.00. The highest BCUT2D eigenvalue weighted by Gasteiger charge is 2.14. The SMILES string of the molecule is CCC(=CC[SiH2]CN1CC1)CC. The van der Waals surface area contributed by atoms with Gasteiger partial charge in [0.15, 0.2) is 0 Å². The molecule has 1 nitrogen and oxygen atoms in total. The lowest BCUT2D eigenvalue weighted by atomic mass is 10.1. The Hall–Kier alpha value is -0.0831. The fourth-order valence-corrected chi connectivity index (χ4v) is 3.14. The van der Waals surface area contributed by atoms with Crippen LogP contribution in [-0.4, -0.2) is 33.7 Å². The van der Waals surface area contributed by atoms with E-state index >= 15 is 0 Å². The van der Waals surface area contributed by atoms with Gasteiger partial charge in [0.05, 0.1) is 0 Å². The maximum Gasteiger partial charge on any atom is 0.0407 e. The topological polar surface area (TPSA) is 3.01 Å². The van der Waals surface area contributed by atoms with Crippen molar-refractivity contribution in [2.45, 2.75) is 32.7 Å². The molecule has 0 aromatic heterocycles. The van der Waals surface area contributed by atoms with E-state index in [4.69, 9.17) is 0 Å². The monoisotopic (exact) mass is 183 g/mol. The summed E-state index contributed by atoms with van der Waals surface area (Å²) in [5.41, 5.74) is 1.66. The van der Waals surface area contributed by atoms with Crippen LogP contribution in [0.5, 0.6) is 0 Å². The minimum atomic E-state index is 0.214. The molecule has 1 rings (SSSR count). The summed E-state index contributed by atoms with van der Waals surface area (Å²) >= 11 is 0. The van der Waals surface area contributed by atoms with Crippen LogP contribution in [0, 0.1) is 0 Å². The van der Waals surface area contributed by atoms with E-state index in [1.807, 2.05) is 0 Å². The lowest BCUT2D eigenvalue weighted by molar-refractivity contribution is 0.659. The summed E-state index contributed by atoms with van der Waals surface area (Å²) in [6, 6.07) is 1.42. The molecule has 70 valence electrons. The smallest absolute Gasteiger partial charge is 0.0407 e. The first-order valence-electron chi connectivity index (χ1n) is 5.27. The number of nitrogens with zero attached hydrogens (tertiary/aromatic N) is 1. The number of hydrogen-bond donors (Lipinski definition) is 0. The first-order valence-corrected chi connectivity index (χ1v) is 7.27. The quantitative estimate of drug-likeness (QED) is 0.262. The average Bonchev–Trinajstić information content (AvgIpc) is 2.89. The molecule has 0 saturated carbocycles. The van der Waals surface area contributed by atoms with E-state index in [2.05, 4.69) is 24.8 Å². The highest BCUT2D eigenvalue weighted by atomic mass is 28.2. The molecule has 0 aromatic carbocycles. The van der Waals surface area contributed by atoms with E-state index in [1.54, 1.807) is 5.57 Å². The average molecular weight is 183 g/mol. The number of hydrogen-bond acceptors (Lipinski definition) is 1. The molecular formula is C10H21NSi. The third-order valence-corrected chi connectivity index (χ3v) is 4.21. The van der Waals surface area contributed by atoms with Crippen LogP contribution in [-0.2, 0) is 0 Å². The van der Waals surface area contributed by atoms with Crippen LogP contribution in [0.15, 0.2) is 11.6 Å². The van der Waals surface area contributed by atoms with Gasteiger partial charge in [-0.05, 0) is 25.1 Å². The van der Waals surface area contributed by atoms with E-state index in [1.165, 1.54) is 38.1 Å². The standard InChI is InChI=1S/C10H21NSi/c1-3-10(4-2)5-8-12-9-11-6-7-11/h5H,3-4,6-9,12H2,1-2H3. The molecule has 1 heterocycles. The predicted octanol–water partition coefficient (Wildman–Crippen LogP) is 1.59.